The van der Waals surface area contributed by atoms with Gasteiger partial charge in [0.25, 0.3) is 0 Å². The molecule has 8 aliphatic carbocycles. The Bertz CT molecular complexity index is 503. The van der Waals surface area contributed by atoms with Crippen molar-refractivity contribution in [2.75, 3.05) is 6.67 Å². The predicted octanol–water partition coefficient (Wildman–Crippen LogP) is 5.59. The van der Waals surface area contributed by atoms with E-state index in [1.165, 1.54) is 45.2 Å². The normalized spacial score (nSPS) is 55.7. The van der Waals surface area contributed by atoms with Gasteiger partial charge in [0.15, 0.2) is 0 Å². The number of nitrogens with zero attached hydrogens (tertiary/aromatic N) is 2. The molecule has 8 saturated carbocycles. The molecule has 0 amide bonds. The van der Waals surface area contributed by atoms with Gasteiger partial charge in [-0.1, -0.05) is 0 Å². The van der Waals surface area contributed by atoms with Crippen molar-refractivity contribution in [1.82, 2.24) is 9.80 Å². The predicted molar refractivity (Wildman–Crippen MR) is 115 cm³/mol. The second-order valence-corrected chi connectivity index (χ2v) is 11.7. The third kappa shape index (κ3) is 2.27. The number of hydrogen-bond donors (Lipinski definition) is 0. The summed E-state index contributed by atoms with van der Waals surface area (Å²) in [6.45, 7) is 1.23. The highest BCUT2D eigenvalue weighted by molar-refractivity contribution is 14.0. The van der Waals surface area contributed by atoms with Gasteiger partial charge in [-0.3, -0.25) is 0 Å². The maximum absolute atomic E-state index is 2.86. The Morgan fingerprint density at radius 2 is 0.769 bits per heavy atom. The summed E-state index contributed by atoms with van der Waals surface area (Å²) in [5.74, 6) is 6.38. The minimum atomic E-state index is 0. The van der Waals surface area contributed by atoms with Crippen LogP contribution < -0.4 is 0 Å². The summed E-state index contributed by atoms with van der Waals surface area (Å²) >= 11 is 0. The monoisotopic (exact) mass is 466 g/mol. The van der Waals surface area contributed by atoms with Gasteiger partial charge >= 0.3 is 0 Å². The zero-order valence-electron chi connectivity index (χ0n) is 16.1. The minimum Gasteiger partial charge on any atom is -0.353 e. The van der Waals surface area contributed by atoms with Crippen molar-refractivity contribution in [3.05, 3.63) is 12.4 Å². The van der Waals surface area contributed by atoms with Gasteiger partial charge in [-0.2, -0.15) is 0 Å². The van der Waals surface area contributed by atoms with Crippen molar-refractivity contribution in [3.8, 4) is 0 Å². The summed E-state index contributed by atoms with van der Waals surface area (Å²) in [4.78, 5) is 5.71. The van der Waals surface area contributed by atoms with E-state index in [1.807, 2.05) is 0 Å². The molecule has 0 radical (unpaired) electrons. The third-order valence-electron chi connectivity index (χ3n) is 9.96. The topological polar surface area (TPSA) is 6.48 Å². The van der Waals surface area contributed by atoms with E-state index in [0.29, 0.717) is 11.1 Å². The lowest BCUT2D eigenvalue weighted by Gasteiger charge is -2.62. The second kappa shape index (κ2) is 5.57. The highest BCUT2D eigenvalue weighted by Gasteiger charge is 2.57. The van der Waals surface area contributed by atoms with Crippen LogP contribution in [0.1, 0.15) is 77.0 Å². The minimum absolute atomic E-state index is 0. The second-order valence-electron chi connectivity index (χ2n) is 11.7. The molecule has 2 nitrogen and oxygen atoms in total. The number of rotatable bonds is 2. The average molecular weight is 466 g/mol. The molecular formula is C23H35IN2. The average Bonchev–Trinajstić information content (AvgIpc) is 3.04. The Labute approximate surface area is 176 Å². The molecule has 8 fully saturated rings. The molecule has 9 rings (SSSR count). The summed E-state index contributed by atoms with van der Waals surface area (Å²) in [6, 6.07) is 0. The Morgan fingerprint density at radius 3 is 1.04 bits per heavy atom. The Hall–Kier alpha value is 0.0700. The van der Waals surface area contributed by atoms with E-state index in [4.69, 9.17) is 0 Å². The fraction of sp³-hybridized carbons (Fsp3) is 0.913. The van der Waals surface area contributed by atoms with Gasteiger partial charge in [-0.15, -0.1) is 24.0 Å². The van der Waals surface area contributed by atoms with Gasteiger partial charge in [0.05, 0.1) is 6.67 Å². The van der Waals surface area contributed by atoms with E-state index in [0.717, 1.165) is 35.5 Å². The fourth-order valence-corrected chi connectivity index (χ4v) is 9.87. The molecule has 0 atom stereocenters. The molecule has 3 heteroatoms. The molecule has 0 aromatic carbocycles. The van der Waals surface area contributed by atoms with Crippen LogP contribution in [0.15, 0.2) is 12.4 Å². The fourth-order valence-electron chi connectivity index (χ4n) is 9.87. The molecule has 0 spiro atoms. The molecule has 1 heterocycles. The summed E-state index contributed by atoms with van der Waals surface area (Å²) in [6.07, 6.45) is 23.6. The van der Waals surface area contributed by atoms with E-state index in [1.54, 1.807) is 38.5 Å². The quantitative estimate of drug-likeness (QED) is 0.490. The van der Waals surface area contributed by atoms with Crippen LogP contribution in [0.5, 0.6) is 0 Å². The summed E-state index contributed by atoms with van der Waals surface area (Å²) in [5, 5.41) is 0. The maximum Gasteiger partial charge on any atom is 0.0904 e. The number of halogens is 1. The van der Waals surface area contributed by atoms with E-state index in [-0.39, 0.29) is 24.0 Å². The first kappa shape index (κ1) is 17.0. The molecular weight excluding hydrogens is 431 g/mol. The lowest BCUT2D eigenvalue weighted by molar-refractivity contribution is -0.105. The van der Waals surface area contributed by atoms with Crippen molar-refractivity contribution >= 4 is 24.0 Å². The Balaban J connectivity index is 0.00000137. The van der Waals surface area contributed by atoms with Gasteiger partial charge < -0.3 is 9.80 Å². The lowest BCUT2D eigenvalue weighted by Crippen LogP contribution is -2.62. The summed E-state index contributed by atoms with van der Waals surface area (Å²) in [7, 11) is 0. The van der Waals surface area contributed by atoms with Crippen molar-refractivity contribution in [1.29, 1.82) is 0 Å². The van der Waals surface area contributed by atoms with Crippen LogP contribution >= 0.6 is 24.0 Å². The molecule has 8 bridgehead atoms. The third-order valence-corrected chi connectivity index (χ3v) is 9.96. The Morgan fingerprint density at radius 1 is 0.500 bits per heavy atom. The van der Waals surface area contributed by atoms with Crippen LogP contribution in [0.2, 0.25) is 0 Å². The Kier molecular flexibility index (Phi) is 3.64. The molecule has 9 aliphatic rings. The van der Waals surface area contributed by atoms with Gasteiger partial charge in [0, 0.05) is 23.5 Å². The highest BCUT2D eigenvalue weighted by atomic mass is 127. The molecule has 0 aromatic heterocycles. The van der Waals surface area contributed by atoms with Crippen LogP contribution in [-0.4, -0.2) is 27.5 Å². The van der Waals surface area contributed by atoms with Crippen LogP contribution in [0.4, 0.5) is 0 Å². The first-order valence-corrected chi connectivity index (χ1v) is 11.4. The smallest absolute Gasteiger partial charge is 0.0904 e. The van der Waals surface area contributed by atoms with E-state index >= 15 is 0 Å². The van der Waals surface area contributed by atoms with Gasteiger partial charge in [-0.25, -0.2) is 0 Å². The summed E-state index contributed by atoms with van der Waals surface area (Å²) < 4.78 is 0. The molecule has 0 unspecified atom stereocenters. The number of hydrogen-bond acceptors (Lipinski definition) is 2. The van der Waals surface area contributed by atoms with Crippen molar-refractivity contribution in [2.24, 2.45) is 35.5 Å². The van der Waals surface area contributed by atoms with Crippen molar-refractivity contribution < 1.29 is 0 Å². The standard InChI is InChI=1S/C23H34N2.HI/c1-2-25(23-12-19-6-20(13-23)8-21(7-19)14-23)15-24(1)22-9-16-3-17(10-22)5-18(4-16)11-22;/h1-2,16-21H,3-15H2;1H. The van der Waals surface area contributed by atoms with Crippen molar-refractivity contribution in [2.45, 2.75) is 88.1 Å². The largest absolute Gasteiger partial charge is 0.353 e. The first-order chi connectivity index (χ1) is 12.2. The molecule has 0 N–H and O–H groups in total. The summed E-state index contributed by atoms with van der Waals surface area (Å²) in [5.41, 5.74) is 1.12. The van der Waals surface area contributed by atoms with Crippen LogP contribution in [0.25, 0.3) is 0 Å². The van der Waals surface area contributed by atoms with E-state index in [9.17, 15) is 0 Å². The van der Waals surface area contributed by atoms with Crippen molar-refractivity contribution in [3.63, 3.8) is 0 Å². The SMILES string of the molecule is C1=CN(C23CC4CC(CC(C4)C2)C3)CN1C12CC3CC(CC(C3)C1)C2.I. The molecule has 0 aromatic rings. The van der Waals surface area contributed by atoms with E-state index < -0.39 is 0 Å². The maximum atomic E-state index is 2.86. The van der Waals surface area contributed by atoms with Crippen LogP contribution in [-0.2, 0) is 0 Å². The van der Waals surface area contributed by atoms with E-state index in [2.05, 4.69) is 22.2 Å². The lowest BCUT2D eigenvalue weighted by atomic mass is 9.52. The zero-order chi connectivity index (χ0) is 16.2. The van der Waals surface area contributed by atoms with Gasteiger partial charge in [0.2, 0.25) is 0 Å². The highest BCUT2D eigenvalue weighted by Crippen LogP contribution is 2.61. The van der Waals surface area contributed by atoms with Gasteiger partial charge in [0.1, 0.15) is 0 Å². The molecule has 0 saturated heterocycles. The van der Waals surface area contributed by atoms with Crippen LogP contribution in [0.3, 0.4) is 0 Å². The molecule has 144 valence electrons. The zero-order valence-corrected chi connectivity index (χ0v) is 18.4. The van der Waals surface area contributed by atoms with Gasteiger partial charge in [-0.05, 0) is 113 Å². The molecule has 1 aliphatic heterocycles. The first-order valence-electron chi connectivity index (χ1n) is 11.4. The molecule has 26 heavy (non-hydrogen) atoms. The van der Waals surface area contributed by atoms with Crippen LogP contribution in [0, 0.1) is 35.5 Å².